The topological polar surface area (TPSA) is 52.6 Å². The zero-order valence-electron chi connectivity index (χ0n) is 14.8. The van der Waals surface area contributed by atoms with Crippen LogP contribution in [0.4, 0.5) is 4.79 Å². The van der Waals surface area contributed by atoms with Gasteiger partial charge in [0.05, 0.1) is 0 Å². The summed E-state index contributed by atoms with van der Waals surface area (Å²) in [5.74, 6) is 0.441. The Labute approximate surface area is 145 Å². The molecule has 0 spiro atoms. The molecule has 4 nitrogen and oxygen atoms in total. The lowest BCUT2D eigenvalue weighted by atomic mass is 9.77. The van der Waals surface area contributed by atoms with Crippen molar-refractivity contribution in [2.24, 2.45) is 5.41 Å². The van der Waals surface area contributed by atoms with E-state index in [1.807, 2.05) is 4.90 Å². The monoisotopic (exact) mass is 330 g/mol. The van der Waals surface area contributed by atoms with Gasteiger partial charge in [-0.15, -0.1) is 0 Å². The van der Waals surface area contributed by atoms with Gasteiger partial charge in [-0.2, -0.15) is 0 Å². The van der Waals surface area contributed by atoms with Crippen LogP contribution in [0.2, 0.25) is 0 Å². The fraction of sp³-hybridized carbons (Fsp3) is 0.650. The minimum Gasteiger partial charge on any atom is -0.396 e. The Balaban J connectivity index is 1.52. The summed E-state index contributed by atoms with van der Waals surface area (Å²) in [6.45, 7) is 4.60. The highest BCUT2D eigenvalue weighted by Gasteiger charge is 2.34. The highest BCUT2D eigenvalue weighted by atomic mass is 16.3. The van der Waals surface area contributed by atoms with Crippen LogP contribution in [0.25, 0.3) is 0 Å². The molecule has 1 aromatic carbocycles. The van der Waals surface area contributed by atoms with Gasteiger partial charge >= 0.3 is 6.03 Å². The first kappa shape index (κ1) is 17.3. The first-order chi connectivity index (χ1) is 11.7. The van der Waals surface area contributed by atoms with Crippen molar-refractivity contribution in [3.63, 3.8) is 0 Å². The van der Waals surface area contributed by atoms with E-state index in [-0.39, 0.29) is 18.1 Å². The van der Waals surface area contributed by atoms with Gasteiger partial charge in [0.15, 0.2) is 0 Å². The Hall–Kier alpha value is -1.55. The molecule has 2 N–H and O–H groups in total. The van der Waals surface area contributed by atoms with Crippen molar-refractivity contribution < 1.29 is 9.90 Å². The van der Waals surface area contributed by atoms with E-state index in [1.54, 1.807) is 0 Å². The molecule has 0 radical (unpaired) electrons. The molecule has 132 valence electrons. The third-order valence-electron chi connectivity index (χ3n) is 6.19. The molecule has 1 aliphatic heterocycles. The molecule has 0 aromatic heterocycles. The predicted molar refractivity (Wildman–Crippen MR) is 96.1 cm³/mol. The van der Waals surface area contributed by atoms with Gasteiger partial charge in [-0.25, -0.2) is 4.79 Å². The number of carbonyl (C=O) groups is 1. The Morgan fingerprint density at radius 3 is 2.79 bits per heavy atom. The van der Waals surface area contributed by atoms with E-state index in [2.05, 4.69) is 36.5 Å². The highest BCUT2D eigenvalue weighted by Crippen LogP contribution is 2.34. The van der Waals surface area contributed by atoms with Crippen LogP contribution in [0, 0.1) is 5.41 Å². The molecule has 3 rings (SSSR count). The molecule has 0 saturated carbocycles. The molecule has 1 aliphatic carbocycles. The molecule has 1 unspecified atom stereocenters. The molecular weight excluding hydrogens is 300 g/mol. The quantitative estimate of drug-likeness (QED) is 0.890. The second-order valence-corrected chi connectivity index (χ2v) is 7.47. The van der Waals surface area contributed by atoms with E-state index in [9.17, 15) is 9.90 Å². The van der Waals surface area contributed by atoms with Gasteiger partial charge < -0.3 is 15.3 Å². The van der Waals surface area contributed by atoms with E-state index in [1.165, 1.54) is 17.5 Å². The second kappa shape index (κ2) is 7.56. The average Bonchev–Trinajstić information content (AvgIpc) is 2.66. The van der Waals surface area contributed by atoms with Crippen LogP contribution in [-0.4, -0.2) is 42.3 Å². The van der Waals surface area contributed by atoms with Crippen LogP contribution in [0.15, 0.2) is 24.3 Å². The lowest BCUT2D eigenvalue weighted by molar-refractivity contribution is 0.0519. The molecule has 0 bridgehead atoms. The summed E-state index contributed by atoms with van der Waals surface area (Å²) in [6, 6.07) is 8.69. The van der Waals surface area contributed by atoms with Crippen LogP contribution in [0.1, 0.15) is 56.1 Å². The van der Waals surface area contributed by atoms with E-state index in [4.69, 9.17) is 0 Å². The molecule has 24 heavy (non-hydrogen) atoms. The van der Waals surface area contributed by atoms with Crippen LogP contribution < -0.4 is 5.32 Å². The molecule has 1 heterocycles. The van der Waals surface area contributed by atoms with E-state index >= 15 is 0 Å². The normalized spacial score (nSPS) is 22.8. The highest BCUT2D eigenvalue weighted by molar-refractivity contribution is 5.74. The zero-order chi connectivity index (χ0) is 17.0. The summed E-state index contributed by atoms with van der Waals surface area (Å²) < 4.78 is 0. The second-order valence-electron chi connectivity index (χ2n) is 7.47. The Bertz CT molecular complexity index is 559. The van der Waals surface area contributed by atoms with Gasteiger partial charge in [-0.3, -0.25) is 0 Å². The molecule has 1 fully saturated rings. The summed E-state index contributed by atoms with van der Waals surface area (Å²) in [5, 5.41) is 12.8. The number of rotatable bonds is 4. The standard InChI is InChI=1S/C20H30N2O2/c1-2-20(15-23)10-12-22(13-11-20)19(24)21-14-17-8-5-7-16-6-3-4-9-18(16)17/h3-4,6,9,17,23H,2,5,7-8,10-15H2,1H3,(H,21,24). The van der Waals surface area contributed by atoms with Crippen molar-refractivity contribution in [3.8, 4) is 0 Å². The summed E-state index contributed by atoms with van der Waals surface area (Å²) >= 11 is 0. The number of nitrogens with one attached hydrogen (secondary N) is 1. The summed E-state index contributed by atoms with van der Waals surface area (Å²) in [7, 11) is 0. The number of aliphatic hydroxyl groups excluding tert-OH is 1. The maximum atomic E-state index is 12.5. The number of aliphatic hydroxyl groups is 1. The predicted octanol–water partition coefficient (Wildman–Crippen LogP) is 3.30. The van der Waals surface area contributed by atoms with Crippen molar-refractivity contribution in [3.05, 3.63) is 35.4 Å². The molecule has 2 aliphatic rings. The summed E-state index contributed by atoms with van der Waals surface area (Å²) in [6.07, 6.45) is 6.31. The van der Waals surface area contributed by atoms with E-state index in [0.29, 0.717) is 5.92 Å². The fourth-order valence-corrected chi connectivity index (χ4v) is 4.20. The third kappa shape index (κ3) is 3.59. The first-order valence-electron chi connectivity index (χ1n) is 9.39. The van der Waals surface area contributed by atoms with Crippen molar-refractivity contribution in [2.75, 3.05) is 26.2 Å². The average molecular weight is 330 g/mol. The molecule has 1 saturated heterocycles. The van der Waals surface area contributed by atoms with Crippen molar-refractivity contribution in [1.29, 1.82) is 0 Å². The fourth-order valence-electron chi connectivity index (χ4n) is 4.20. The molecule has 1 atom stereocenters. The number of hydrogen-bond donors (Lipinski definition) is 2. The van der Waals surface area contributed by atoms with Gasteiger partial charge in [0.25, 0.3) is 0 Å². The number of urea groups is 1. The minimum absolute atomic E-state index is 0.0269. The van der Waals surface area contributed by atoms with Gasteiger partial charge in [0.1, 0.15) is 0 Å². The Kier molecular flexibility index (Phi) is 5.44. The van der Waals surface area contributed by atoms with E-state index in [0.717, 1.165) is 51.7 Å². The van der Waals surface area contributed by atoms with Crippen molar-refractivity contribution in [2.45, 2.75) is 51.4 Å². The largest absolute Gasteiger partial charge is 0.396 e. The van der Waals surface area contributed by atoms with Crippen LogP contribution in [0.5, 0.6) is 0 Å². The maximum Gasteiger partial charge on any atom is 0.317 e. The number of piperidine rings is 1. The van der Waals surface area contributed by atoms with E-state index < -0.39 is 0 Å². The summed E-state index contributed by atoms with van der Waals surface area (Å²) in [4.78, 5) is 14.4. The SMILES string of the molecule is CCC1(CO)CCN(C(=O)NCC2CCCc3ccccc32)CC1. The Morgan fingerprint density at radius 1 is 1.33 bits per heavy atom. The third-order valence-corrected chi connectivity index (χ3v) is 6.19. The van der Waals surface area contributed by atoms with Gasteiger partial charge in [0, 0.05) is 32.2 Å². The lowest BCUT2D eigenvalue weighted by Crippen LogP contribution is -2.49. The molecule has 1 aromatic rings. The number of aryl methyl sites for hydroxylation is 1. The van der Waals surface area contributed by atoms with Gasteiger partial charge in [-0.05, 0) is 55.1 Å². The molecule has 2 amide bonds. The molecule has 4 heteroatoms. The number of nitrogens with zero attached hydrogens (tertiary/aromatic N) is 1. The summed E-state index contributed by atoms with van der Waals surface area (Å²) in [5.41, 5.74) is 2.88. The number of fused-ring (bicyclic) bond motifs is 1. The number of benzene rings is 1. The van der Waals surface area contributed by atoms with Crippen LogP contribution >= 0.6 is 0 Å². The van der Waals surface area contributed by atoms with Crippen molar-refractivity contribution >= 4 is 6.03 Å². The van der Waals surface area contributed by atoms with Crippen molar-refractivity contribution in [1.82, 2.24) is 10.2 Å². The number of carbonyl (C=O) groups excluding carboxylic acids is 1. The van der Waals surface area contributed by atoms with Crippen LogP contribution in [0.3, 0.4) is 0 Å². The number of likely N-dealkylation sites (tertiary alicyclic amines) is 1. The minimum atomic E-state index is 0.0269. The smallest absolute Gasteiger partial charge is 0.317 e. The Morgan fingerprint density at radius 2 is 2.08 bits per heavy atom. The number of hydrogen-bond acceptors (Lipinski definition) is 2. The molecular formula is C20H30N2O2. The first-order valence-corrected chi connectivity index (χ1v) is 9.39. The lowest BCUT2D eigenvalue weighted by Gasteiger charge is -2.40. The van der Waals surface area contributed by atoms with Gasteiger partial charge in [-0.1, -0.05) is 31.2 Å². The zero-order valence-corrected chi connectivity index (χ0v) is 14.8. The van der Waals surface area contributed by atoms with Gasteiger partial charge in [0.2, 0.25) is 0 Å². The van der Waals surface area contributed by atoms with Crippen LogP contribution in [-0.2, 0) is 6.42 Å². The number of amides is 2. The maximum absolute atomic E-state index is 12.5.